The molecule has 2 nitrogen and oxygen atoms in total. The fourth-order valence-electron chi connectivity index (χ4n) is 1.68. The summed E-state index contributed by atoms with van der Waals surface area (Å²) in [6.45, 7) is 0. The zero-order valence-electron chi connectivity index (χ0n) is 10.2. The zero-order chi connectivity index (χ0) is 15.6. The minimum Gasteiger partial charge on any atom is -0.405 e. The molecule has 0 amide bonds. The molecular formula is C14H7BrClF3O2. The van der Waals surface area contributed by atoms with Crippen molar-refractivity contribution in [2.24, 2.45) is 0 Å². The van der Waals surface area contributed by atoms with Crippen LogP contribution in [-0.2, 0) is 0 Å². The lowest BCUT2D eigenvalue weighted by molar-refractivity contribution is -0.274. The van der Waals surface area contributed by atoms with Gasteiger partial charge in [-0.15, -0.1) is 13.2 Å². The van der Waals surface area contributed by atoms with E-state index in [-0.39, 0.29) is 16.1 Å². The molecule has 0 aromatic heterocycles. The van der Waals surface area contributed by atoms with Crippen LogP contribution in [0.2, 0.25) is 5.02 Å². The third kappa shape index (κ3) is 3.98. The van der Waals surface area contributed by atoms with E-state index < -0.39 is 17.9 Å². The van der Waals surface area contributed by atoms with Gasteiger partial charge >= 0.3 is 6.36 Å². The lowest BCUT2D eigenvalue weighted by atomic mass is 10.0. The Bertz CT molecular complexity index is 686. The molecule has 0 saturated heterocycles. The van der Waals surface area contributed by atoms with Gasteiger partial charge in [0.15, 0.2) is 5.78 Å². The molecule has 0 fully saturated rings. The molecule has 0 atom stereocenters. The van der Waals surface area contributed by atoms with Gasteiger partial charge in [-0.2, -0.15) is 0 Å². The minimum atomic E-state index is -4.88. The molecule has 21 heavy (non-hydrogen) atoms. The molecule has 0 unspecified atom stereocenters. The average Bonchev–Trinajstić information content (AvgIpc) is 2.39. The van der Waals surface area contributed by atoms with E-state index in [0.29, 0.717) is 4.47 Å². The minimum absolute atomic E-state index is 0.0873. The van der Waals surface area contributed by atoms with Gasteiger partial charge in [-0.25, -0.2) is 0 Å². The van der Waals surface area contributed by atoms with Crippen molar-refractivity contribution >= 4 is 33.3 Å². The predicted octanol–water partition coefficient (Wildman–Crippen LogP) is 5.23. The highest BCUT2D eigenvalue weighted by Gasteiger charge is 2.33. The number of hydrogen-bond acceptors (Lipinski definition) is 2. The van der Waals surface area contributed by atoms with E-state index in [4.69, 9.17) is 11.6 Å². The summed E-state index contributed by atoms with van der Waals surface area (Å²) >= 11 is 9.10. The third-order valence-electron chi connectivity index (χ3n) is 2.53. The lowest BCUT2D eigenvalue weighted by Crippen LogP contribution is -2.19. The van der Waals surface area contributed by atoms with Crippen LogP contribution in [0.3, 0.4) is 0 Å². The lowest BCUT2D eigenvalue weighted by Gasteiger charge is -2.13. The van der Waals surface area contributed by atoms with Crippen molar-refractivity contribution in [3.8, 4) is 5.75 Å². The molecule has 0 spiro atoms. The van der Waals surface area contributed by atoms with E-state index in [1.165, 1.54) is 30.3 Å². The molecule has 0 bridgehead atoms. The number of carbonyl (C=O) groups excluding carboxylic acids is 1. The van der Waals surface area contributed by atoms with E-state index in [2.05, 4.69) is 20.7 Å². The second-order valence-corrected chi connectivity index (χ2v) is 5.32. The highest BCUT2D eigenvalue weighted by Crippen LogP contribution is 2.30. The van der Waals surface area contributed by atoms with Crippen molar-refractivity contribution in [3.63, 3.8) is 0 Å². The highest BCUT2D eigenvalue weighted by molar-refractivity contribution is 9.10. The maximum atomic E-state index is 12.4. The number of ketones is 1. The molecule has 0 aliphatic rings. The van der Waals surface area contributed by atoms with Gasteiger partial charge in [-0.3, -0.25) is 4.79 Å². The fraction of sp³-hybridized carbons (Fsp3) is 0.0714. The first-order valence-electron chi connectivity index (χ1n) is 5.62. The van der Waals surface area contributed by atoms with Crippen LogP contribution in [0, 0.1) is 0 Å². The molecule has 2 aromatic rings. The highest BCUT2D eigenvalue weighted by atomic mass is 79.9. The van der Waals surface area contributed by atoms with Gasteiger partial charge in [0, 0.05) is 10.0 Å². The Kier molecular flexibility index (Phi) is 4.58. The van der Waals surface area contributed by atoms with Crippen LogP contribution in [-0.4, -0.2) is 12.1 Å². The van der Waals surface area contributed by atoms with E-state index in [9.17, 15) is 18.0 Å². The number of halogens is 5. The molecule has 7 heteroatoms. The van der Waals surface area contributed by atoms with Crippen molar-refractivity contribution in [3.05, 3.63) is 63.1 Å². The Labute approximate surface area is 131 Å². The summed E-state index contributed by atoms with van der Waals surface area (Å²) in [5.74, 6) is -1.22. The van der Waals surface area contributed by atoms with Crippen LogP contribution in [0.4, 0.5) is 13.2 Å². The Morgan fingerprint density at radius 2 is 1.76 bits per heavy atom. The second kappa shape index (κ2) is 6.07. The number of carbonyl (C=O) groups is 1. The Hall–Kier alpha value is -1.53. The van der Waals surface area contributed by atoms with Gasteiger partial charge in [-0.1, -0.05) is 39.7 Å². The maximum Gasteiger partial charge on any atom is 0.573 e. The molecule has 2 aromatic carbocycles. The molecular weight excluding hydrogens is 373 g/mol. The van der Waals surface area contributed by atoms with Gasteiger partial charge in [0.1, 0.15) is 5.75 Å². The van der Waals surface area contributed by atoms with Crippen molar-refractivity contribution in [1.82, 2.24) is 0 Å². The van der Waals surface area contributed by atoms with Crippen LogP contribution in [0.5, 0.6) is 5.75 Å². The molecule has 0 N–H and O–H groups in total. The normalized spacial score (nSPS) is 11.3. The smallest absolute Gasteiger partial charge is 0.405 e. The SMILES string of the molecule is O=C(c1cc(Br)ccc1Cl)c1ccccc1OC(F)(F)F. The Morgan fingerprint density at radius 1 is 1.10 bits per heavy atom. The summed E-state index contributed by atoms with van der Waals surface area (Å²) in [7, 11) is 0. The number of hydrogen-bond donors (Lipinski definition) is 0. The molecule has 0 aliphatic heterocycles. The predicted molar refractivity (Wildman–Crippen MR) is 75.7 cm³/mol. The number of rotatable bonds is 3. The van der Waals surface area contributed by atoms with Gasteiger partial charge in [0.25, 0.3) is 0 Å². The van der Waals surface area contributed by atoms with Crippen molar-refractivity contribution < 1.29 is 22.7 Å². The summed E-state index contributed by atoms with van der Waals surface area (Å²) in [5, 5.41) is 0.144. The first-order valence-corrected chi connectivity index (χ1v) is 6.79. The summed E-state index contributed by atoms with van der Waals surface area (Å²) in [6.07, 6.45) is -4.88. The first-order chi connectivity index (χ1) is 9.78. The summed E-state index contributed by atoms with van der Waals surface area (Å²) in [6, 6.07) is 9.66. The molecule has 0 saturated carbocycles. The summed E-state index contributed by atoms with van der Waals surface area (Å²) in [4.78, 5) is 12.4. The van der Waals surface area contributed by atoms with E-state index >= 15 is 0 Å². The zero-order valence-corrected chi connectivity index (χ0v) is 12.6. The van der Waals surface area contributed by atoms with Gasteiger partial charge in [0.05, 0.1) is 10.6 Å². The largest absolute Gasteiger partial charge is 0.573 e. The van der Waals surface area contributed by atoms with E-state index in [0.717, 1.165) is 6.07 Å². The van der Waals surface area contributed by atoms with Crippen molar-refractivity contribution in [2.45, 2.75) is 6.36 Å². The topological polar surface area (TPSA) is 26.3 Å². The number of para-hydroxylation sites is 1. The van der Waals surface area contributed by atoms with Crippen LogP contribution < -0.4 is 4.74 Å². The van der Waals surface area contributed by atoms with Crippen molar-refractivity contribution in [1.29, 1.82) is 0 Å². The number of benzene rings is 2. The quantitative estimate of drug-likeness (QED) is 0.683. The molecule has 2 rings (SSSR count). The third-order valence-corrected chi connectivity index (χ3v) is 3.35. The van der Waals surface area contributed by atoms with Crippen LogP contribution >= 0.6 is 27.5 Å². The monoisotopic (exact) mass is 378 g/mol. The van der Waals surface area contributed by atoms with Gasteiger partial charge in [-0.05, 0) is 30.3 Å². The molecule has 0 radical (unpaired) electrons. The number of alkyl halides is 3. The average molecular weight is 380 g/mol. The van der Waals surface area contributed by atoms with Crippen molar-refractivity contribution in [2.75, 3.05) is 0 Å². The Balaban J connectivity index is 2.46. The fourth-order valence-corrected chi connectivity index (χ4v) is 2.25. The second-order valence-electron chi connectivity index (χ2n) is 4.00. The summed E-state index contributed by atoms with van der Waals surface area (Å²) < 4.78 is 41.5. The maximum absolute atomic E-state index is 12.4. The molecule has 110 valence electrons. The van der Waals surface area contributed by atoms with E-state index in [1.807, 2.05) is 0 Å². The first kappa shape index (κ1) is 15.9. The molecule has 0 heterocycles. The van der Waals surface area contributed by atoms with Crippen LogP contribution in [0.15, 0.2) is 46.9 Å². The van der Waals surface area contributed by atoms with Crippen LogP contribution in [0.25, 0.3) is 0 Å². The molecule has 0 aliphatic carbocycles. The van der Waals surface area contributed by atoms with Crippen LogP contribution in [0.1, 0.15) is 15.9 Å². The van der Waals surface area contributed by atoms with Gasteiger partial charge in [0.2, 0.25) is 0 Å². The van der Waals surface area contributed by atoms with Gasteiger partial charge < -0.3 is 4.74 Å². The number of ether oxygens (including phenoxy) is 1. The Morgan fingerprint density at radius 3 is 2.43 bits per heavy atom. The summed E-state index contributed by atoms with van der Waals surface area (Å²) in [5.41, 5.74) is -0.126. The standard InChI is InChI=1S/C14H7BrClF3O2/c15-8-5-6-11(16)10(7-8)13(20)9-3-1-2-4-12(9)21-14(17,18)19/h1-7H. The van der Waals surface area contributed by atoms with E-state index in [1.54, 1.807) is 6.07 Å².